The molecule has 2 N–H and O–H groups in total. The van der Waals surface area contributed by atoms with E-state index in [9.17, 15) is 4.39 Å². The third kappa shape index (κ3) is 2.95. The summed E-state index contributed by atoms with van der Waals surface area (Å²) in [5, 5.41) is 3.93. The Morgan fingerprint density at radius 3 is 2.67 bits per heavy atom. The number of nitrogen functional groups attached to an aromatic ring is 1. The second-order valence-corrected chi connectivity index (χ2v) is 5.37. The predicted molar refractivity (Wildman–Crippen MR) is 81.1 cm³/mol. The quantitative estimate of drug-likeness (QED) is 0.731. The van der Waals surface area contributed by atoms with Crippen LogP contribution in [0.5, 0.6) is 0 Å². The number of benzene rings is 2. The zero-order valence-corrected chi connectivity index (χ0v) is 12.5. The summed E-state index contributed by atoms with van der Waals surface area (Å²) in [5.74, 6) is 0.622. The van der Waals surface area contributed by atoms with Gasteiger partial charge in [0.1, 0.15) is 5.82 Å². The molecule has 0 saturated heterocycles. The van der Waals surface area contributed by atoms with Crippen molar-refractivity contribution in [1.29, 1.82) is 0 Å². The molecule has 2 aromatic carbocycles. The highest BCUT2D eigenvalue weighted by Gasteiger charge is 2.13. The minimum absolute atomic E-state index is 0.269. The smallest absolute Gasteiger partial charge is 0.260 e. The van der Waals surface area contributed by atoms with Crippen LogP contribution in [0, 0.1) is 5.82 Å². The summed E-state index contributed by atoms with van der Waals surface area (Å²) in [4.78, 5) is 4.33. The first kappa shape index (κ1) is 13.8. The summed E-state index contributed by atoms with van der Waals surface area (Å²) in [7, 11) is 0. The molecule has 0 atom stereocenters. The summed E-state index contributed by atoms with van der Waals surface area (Å²) in [6.45, 7) is 0. The molecule has 1 heterocycles. The van der Waals surface area contributed by atoms with Crippen LogP contribution in [0.2, 0.25) is 0 Å². The van der Waals surface area contributed by atoms with Crippen molar-refractivity contribution in [3.63, 3.8) is 0 Å². The number of hydrogen-bond donors (Lipinski definition) is 1. The van der Waals surface area contributed by atoms with Crippen LogP contribution in [-0.2, 0) is 6.42 Å². The molecular formula is C15H11BrFN3O. The fourth-order valence-electron chi connectivity index (χ4n) is 1.94. The van der Waals surface area contributed by atoms with Gasteiger partial charge in [-0.05, 0) is 45.8 Å². The van der Waals surface area contributed by atoms with Gasteiger partial charge in [-0.25, -0.2) is 4.39 Å². The summed E-state index contributed by atoms with van der Waals surface area (Å²) < 4.78 is 18.9. The van der Waals surface area contributed by atoms with Crippen molar-refractivity contribution >= 4 is 21.6 Å². The first-order valence-corrected chi connectivity index (χ1v) is 7.04. The Morgan fingerprint density at radius 1 is 1.14 bits per heavy atom. The Morgan fingerprint density at radius 2 is 1.90 bits per heavy atom. The Hall–Kier alpha value is -2.21. The lowest BCUT2D eigenvalue weighted by Crippen LogP contribution is -1.93. The Kier molecular flexibility index (Phi) is 3.70. The van der Waals surface area contributed by atoms with E-state index in [0.717, 1.165) is 10.0 Å². The van der Waals surface area contributed by atoms with Crippen LogP contribution in [0.3, 0.4) is 0 Å². The van der Waals surface area contributed by atoms with Crippen molar-refractivity contribution in [3.05, 3.63) is 64.1 Å². The van der Waals surface area contributed by atoms with Gasteiger partial charge in [-0.15, -0.1) is 0 Å². The first-order valence-electron chi connectivity index (χ1n) is 6.25. The van der Waals surface area contributed by atoms with E-state index in [1.54, 1.807) is 12.1 Å². The molecule has 0 aliphatic heterocycles. The maximum Gasteiger partial charge on any atom is 0.260 e. The number of nitrogens with zero attached hydrogens (tertiary/aromatic N) is 2. The highest BCUT2D eigenvalue weighted by molar-refractivity contribution is 9.10. The lowest BCUT2D eigenvalue weighted by molar-refractivity contribution is 0.424. The third-order valence-corrected chi connectivity index (χ3v) is 3.72. The molecule has 21 heavy (non-hydrogen) atoms. The Balaban J connectivity index is 1.86. The summed E-state index contributed by atoms with van der Waals surface area (Å²) in [6.07, 6.45) is 0.470. The van der Waals surface area contributed by atoms with E-state index < -0.39 is 0 Å². The van der Waals surface area contributed by atoms with Gasteiger partial charge in [-0.1, -0.05) is 23.4 Å². The van der Waals surface area contributed by atoms with Gasteiger partial charge in [0.15, 0.2) is 5.82 Å². The van der Waals surface area contributed by atoms with Gasteiger partial charge in [-0.3, -0.25) is 0 Å². The molecular weight excluding hydrogens is 337 g/mol. The number of anilines is 1. The second-order valence-electron chi connectivity index (χ2n) is 4.52. The van der Waals surface area contributed by atoms with E-state index in [2.05, 4.69) is 26.1 Å². The van der Waals surface area contributed by atoms with E-state index in [-0.39, 0.29) is 5.82 Å². The minimum Gasteiger partial charge on any atom is -0.397 e. The molecule has 106 valence electrons. The zero-order valence-electron chi connectivity index (χ0n) is 10.9. The maximum absolute atomic E-state index is 12.9. The standard InChI is InChI=1S/C15H11BrFN3O/c16-12-3-1-2-11(14(12)18)15-19-13(20-21-15)8-9-4-6-10(17)7-5-9/h1-7H,8,18H2. The molecule has 0 fully saturated rings. The van der Waals surface area contributed by atoms with Gasteiger partial charge in [0.2, 0.25) is 0 Å². The van der Waals surface area contributed by atoms with Crippen LogP contribution in [0.1, 0.15) is 11.4 Å². The Bertz CT molecular complexity index is 771. The molecule has 4 nitrogen and oxygen atoms in total. The molecule has 3 rings (SSSR count). The van der Waals surface area contributed by atoms with Crippen molar-refractivity contribution in [3.8, 4) is 11.5 Å². The van der Waals surface area contributed by atoms with E-state index >= 15 is 0 Å². The molecule has 0 spiro atoms. The number of halogens is 2. The molecule has 0 saturated carbocycles. The third-order valence-electron chi connectivity index (χ3n) is 3.03. The van der Waals surface area contributed by atoms with Crippen molar-refractivity contribution in [2.45, 2.75) is 6.42 Å². The fourth-order valence-corrected chi connectivity index (χ4v) is 2.31. The molecule has 6 heteroatoms. The maximum atomic E-state index is 12.9. The second kappa shape index (κ2) is 5.65. The monoisotopic (exact) mass is 347 g/mol. The van der Waals surface area contributed by atoms with Crippen LogP contribution in [0.25, 0.3) is 11.5 Å². The van der Waals surface area contributed by atoms with Crippen molar-refractivity contribution in [1.82, 2.24) is 10.1 Å². The van der Waals surface area contributed by atoms with Crippen molar-refractivity contribution in [2.75, 3.05) is 5.73 Å². The van der Waals surface area contributed by atoms with E-state index in [1.807, 2.05) is 18.2 Å². The van der Waals surface area contributed by atoms with Crippen LogP contribution in [0.4, 0.5) is 10.1 Å². The van der Waals surface area contributed by atoms with Gasteiger partial charge >= 0.3 is 0 Å². The van der Waals surface area contributed by atoms with Gasteiger partial charge < -0.3 is 10.3 Å². The highest BCUT2D eigenvalue weighted by atomic mass is 79.9. The van der Waals surface area contributed by atoms with E-state index in [0.29, 0.717) is 29.4 Å². The zero-order chi connectivity index (χ0) is 14.8. The number of hydrogen-bond acceptors (Lipinski definition) is 4. The average molecular weight is 348 g/mol. The first-order chi connectivity index (χ1) is 10.1. The van der Waals surface area contributed by atoms with E-state index in [1.165, 1.54) is 12.1 Å². The SMILES string of the molecule is Nc1c(Br)cccc1-c1nc(Cc2ccc(F)cc2)no1. The van der Waals surface area contributed by atoms with Crippen LogP contribution in [-0.4, -0.2) is 10.1 Å². The fraction of sp³-hybridized carbons (Fsp3) is 0.0667. The average Bonchev–Trinajstić information content (AvgIpc) is 2.93. The highest BCUT2D eigenvalue weighted by Crippen LogP contribution is 2.30. The predicted octanol–water partition coefficient (Wildman–Crippen LogP) is 3.81. The lowest BCUT2D eigenvalue weighted by Gasteiger charge is -2.01. The molecule has 0 aliphatic carbocycles. The number of nitrogens with two attached hydrogens (primary N) is 1. The molecule has 0 unspecified atom stereocenters. The van der Waals surface area contributed by atoms with Crippen LogP contribution in [0.15, 0.2) is 51.5 Å². The lowest BCUT2D eigenvalue weighted by atomic mass is 10.1. The van der Waals surface area contributed by atoms with Crippen LogP contribution >= 0.6 is 15.9 Å². The minimum atomic E-state index is -0.269. The van der Waals surface area contributed by atoms with Gasteiger partial charge in [0.25, 0.3) is 5.89 Å². The van der Waals surface area contributed by atoms with Crippen molar-refractivity contribution in [2.24, 2.45) is 0 Å². The normalized spacial score (nSPS) is 10.8. The molecule has 0 bridgehead atoms. The van der Waals surface area contributed by atoms with Gasteiger partial charge in [0.05, 0.1) is 11.3 Å². The molecule has 0 radical (unpaired) electrons. The van der Waals surface area contributed by atoms with Gasteiger partial charge in [-0.2, -0.15) is 4.98 Å². The molecule has 1 aromatic heterocycles. The molecule has 3 aromatic rings. The van der Waals surface area contributed by atoms with Gasteiger partial charge in [0, 0.05) is 10.9 Å². The number of rotatable bonds is 3. The van der Waals surface area contributed by atoms with Crippen molar-refractivity contribution < 1.29 is 8.91 Å². The summed E-state index contributed by atoms with van der Waals surface area (Å²) in [5.41, 5.74) is 8.12. The van der Waals surface area contributed by atoms with Crippen LogP contribution < -0.4 is 5.73 Å². The molecule has 0 amide bonds. The Labute approximate surface area is 128 Å². The summed E-state index contributed by atoms with van der Waals surface area (Å²) >= 11 is 3.36. The largest absolute Gasteiger partial charge is 0.397 e. The van der Waals surface area contributed by atoms with E-state index in [4.69, 9.17) is 10.3 Å². The topological polar surface area (TPSA) is 64.9 Å². The number of aromatic nitrogens is 2. The molecule has 0 aliphatic rings. The number of para-hydroxylation sites is 1. The summed E-state index contributed by atoms with van der Waals surface area (Å²) in [6, 6.07) is 11.7.